The SMILES string of the molecule is C[C@@H](O)C(C(=O)S)c1ccccc1. The molecule has 0 aromatic heterocycles. The van der Waals surface area contributed by atoms with E-state index in [1.54, 1.807) is 6.92 Å². The molecule has 2 atom stereocenters. The van der Waals surface area contributed by atoms with E-state index in [0.29, 0.717) is 0 Å². The van der Waals surface area contributed by atoms with Crippen LogP contribution in [0.4, 0.5) is 0 Å². The zero-order chi connectivity index (χ0) is 9.84. The molecule has 0 bridgehead atoms. The molecular weight excluding hydrogens is 184 g/mol. The molecule has 1 rings (SSSR count). The van der Waals surface area contributed by atoms with Gasteiger partial charge in [0.1, 0.15) is 0 Å². The van der Waals surface area contributed by atoms with Gasteiger partial charge in [0.25, 0.3) is 0 Å². The van der Waals surface area contributed by atoms with Crippen molar-refractivity contribution in [3.05, 3.63) is 35.9 Å². The second kappa shape index (κ2) is 4.44. The van der Waals surface area contributed by atoms with Crippen LogP contribution in [0.15, 0.2) is 30.3 Å². The van der Waals surface area contributed by atoms with Gasteiger partial charge in [0.2, 0.25) is 0 Å². The highest BCUT2D eigenvalue weighted by molar-refractivity contribution is 7.96. The Bertz CT molecular complexity index is 282. The molecule has 1 aromatic rings. The molecule has 2 nitrogen and oxygen atoms in total. The first-order valence-electron chi connectivity index (χ1n) is 4.08. The third kappa shape index (κ3) is 2.57. The van der Waals surface area contributed by atoms with Gasteiger partial charge in [0, 0.05) is 0 Å². The van der Waals surface area contributed by atoms with Crippen LogP contribution in [0.5, 0.6) is 0 Å². The molecule has 1 N–H and O–H groups in total. The van der Waals surface area contributed by atoms with E-state index in [4.69, 9.17) is 0 Å². The maximum absolute atomic E-state index is 11.1. The Morgan fingerprint density at radius 3 is 2.31 bits per heavy atom. The molecule has 0 aliphatic carbocycles. The molecular formula is C10H12O2S. The van der Waals surface area contributed by atoms with Crippen molar-refractivity contribution >= 4 is 17.7 Å². The number of carbonyl (C=O) groups is 1. The highest BCUT2D eigenvalue weighted by atomic mass is 32.1. The lowest BCUT2D eigenvalue weighted by molar-refractivity contribution is -0.114. The molecule has 0 radical (unpaired) electrons. The third-order valence-corrected chi connectivity index (χ3v) is 2.19. The molecule has 0 spiro atoms. The van der Waals surface area contributed by atoms with E-state index in [1.807, 2.05) is 30.3 Å². The summed E-state index contributed by atoms with van der Waals surface area (Å²) in [5.74, 6) is -0.524. The molecule has 1 aromatic carbocycles. The van der Waals surface area contributed by atoms with Crippen LogP contribution in [0, 0.1) is 0 Å². The van der Waals surface area contributed by atoms with Gasteiger partial charge in [0.15, 0.2) is 5.12 Å². The van der Waals surface area contributed by atoms with Gasteiger partial charge in [-0.1, -0.05) is 30.3 Å². The summed E-state index contributed by atoms with van der Waals surface area (Å²) >= 11 is 3.74. The van der Waals surface area contributed by atoms with Gasteiger partial charge >= 0.3 is 0 Å². The van der Waals surface area contributed by atoms with Crippen LogP contribution < -0.4 is 0 Å². The molecule has 70 valence electrons. The second-order valence-electron chi connectivity index (χ2n) is 2.97. The summed E-state index contributed by atoms with van der Waals surface area (Å²) in [4.78, 5) is 11.1. The van der Waals surface area contributed by atoms with Gasteiger partial charge in [-0.3, -0.25) is 4.79 Å². The number of rotatable bonds is 3. The molecule has 13 heavy (non-hydrogen) atoms. The molecule has 1 unspecified atom stereocenters. The van der Waals surface area contributed by atoms with E-state index in [1.165, 1.54) is 0 Å². The van der Waals surface area contributed by atoms with Crippen molar-refractivity contribution < 1.29 is 9.90 Å². The Morgan fingerprint density at radius 2 is 1.92 bits per heavy atom. The van der Waals surface area contributed by atoms with Crippen molar-refractivity contribution in [3.63, 3.8) is 0 Å². The molecule has 0 amide bonds. The predicted molar refractivity (Wildman–Crippen MR) is 54.9 cm³/mol. The number of aliphatic hydroxyl groups is 1. The van der Waals surface area contributed by atoms with Crippen molar-refractivity contribution in [2.45, 2.75) is 18.9 Å². The first kappa shape index (κ1) is 10.3. The van der Waals surface area contributed by atoms with Crippen LogP contribution in [-0.4, -0.2) is 16.3 Å². The maximum atomic E-state index is 11.1. The average molecular weight is 196 g/mol. The predicted octanol–water partition coefficient (Wildman–Crippen LogP) is 1.61. The highest BCUT2D eigenvalue weighted by Crippen LogP contribution is 2.21. The molecule has 0 heterocycles. The average Bonchev–Trinajstić information content (AvgIpc) is 2.04. The quantitative estimate of drug-likeness (QED) is 0.721. The van der Waals surface area contributed by atoms with E-state index in [0.717, 1.165) is 5.56 Å². The first-order chi connectivity index (χ1) is 6.13. The fraction of sp³-hybridized carbons (Fsp3) is 0.300. The summed E-state index contributed by atoms with van der Waals surface area (Å²) in [6.07, 6.45) is -0.701. The monoisotopic (exact) mass is 196 g/mol. The summed E-state index contributed by atoms with van der Waals surface area (Å²) < 4.78 is 0. The van der Waals surface area contributed by atoms with Crippen LogP contribution in [0.2, 0.25) is 0 Å². The zero-order valence-corrected chi connectivity index (χ0v) is 8.24. The van der Waals surface area contributed by atoms with Gasteiger partial charge in [-0.2, -0.15) is 0 Å². The Morgan fingerprint density at radius 1 is 1.38 bits per heavy atom. The second-order valence-corrected chi connectivity index (χ2v) is 3.41. The first-order valence-corrected chi connectivity index (χ1v) is 4.53. The minimum atomic E-state index is -0.701. The molecule has 0 aliphatic heterocycles. The lowest BCUT2D eigenvalue weighted by atomic mass is 9.96. The van der Waals surface area contributed by atoms with Gasteiger partial charge in [-0.25, -0.2) is 0 Å². The Labute approximate surface area is 83.0 Å². The Kier molecular flexibility index (Phi) is 3.51. The minimum Gasteiger partial charge on any atom is -0.392 e. The lowest BCUT2D eigenvalue weighted by Gasteiger charge is -2.15. The highest BCUT2D eigenvalue weighted by Gasteiger charge is 2.22. The van der Waals surface area contributed by atoms with Crippen molar-refractivity contribution in [1.82, 2.24) is 0 Å². The fourth-order valence-corrected chi connectivity index (χ4v) is 1.65. The minimum absolute atomic E-state index is 0.304. The zero-order valence-electron chi connectivity index (χ0n) is 7.34. The van der Waals surface area contributed by atoms with Crippen molar-refractivity contribution in [2.75, 3.05) is 0 Å². The van der Waals surface area contributed by atoms with E-state index >= 15 is 0 Å². The van der Waals surface area contributed by atoms with Crippen molar-refractivity contribution in [2.24, 2.45) is 0 Å². The summed E-state index contributed by atoms with van der Waals surface area (Å²) in [5, 5.41) is 9.06. The van der Waals surface area contributed by atoms with E-state index in [-0.39, 0.29) is 5.12 Å². The van der Waals surface area contributed by atoms with E-state index < -0.39 is 12.0 Å². The number of aliphatic hydroxyl groups excluding tert-OH is 1. The molecule has 3 heteroatoms. The number of benzene rings is 1. The smallest absolute Gasteiger partial charge is 0.195 e. The van der Waals surface area contributed by atoms with Crippen LogP contribution in [0.25, 0.3) is 0 Å². The van der Waals surface area contributed by atoms with Gasteiger partial charge in [-0.05, 0) is 12.5 Å². The van der Waals surface area contributed by atoms with Crippen LogP contribution in [0.3, 0.4) is 0 Å². The molecule has 0 saturated heterocycles. The van der Waals surface area contributed by atoms with Gasteiger partial charge in [-0.15, -0.1) is 12.6 Å². The van der Waals surface area contributed by atoms with Gasteiger partial charge in [0.05, 0.1) is 12.0 Å². The topological polar surface area (TPSA) is 37.3 Å². The molecule has 0 aliphatic rings. The maximum Gasteiger partial charge on any atom is 0.195 e. The number of hydrogen-bond acceptors (Lipinski definition) is 2. The van der Waals surface area contributed by atoms with E-state index in [2.05, 4.69) is 12.6 Å². The standard InChI is InChI=1S/C10H12O2S/c1-7(11)9(10(12)13)8-5-3-2-4-6-8/h2-7,9,11H,1H3,(H,12,13)/t7-,9?/m1/s1. The number of carbonyl (C=O) groups excluding carboxylic acids is 1. The number of thiol groups is 1. The largest absolute Gasteiger partial charge is 0.392 e. The van der Waals surface area contributed by atoms with Crippen LogP contribution >= 0.6 is 12.6 Å². The molecule has 0 saturated carbocycles. The third-order valence-electron chi connectivity index (χ3n) is 1.91. The van der Waals surface area contributed by atoms with Crippen LogP contribution in [-0.2, 0) is 4.79 Å². The van der Waals surface area contributed by atoms with Crippen LogP contribution in [0.1, 0.15) is 18.4 Å². The Hall–Kier alpha value is -0.800. The lowest BCUT2D eigenvalue weighted by Crippen LogP contribution is -2.20. The summed E-state index contributed by atoms with van der Waals surface area (Å²) in [6, 6.07) is 9.16. The summed E-state index contributed by atoms with van der Waals surface area (Å²) in [7, 11) is 0. The summed E-state index contributed by atoms with van der Waals surface area (Å²) in [5.41, 5.74) is 0.803. The fourth-order valence-electron chi connectivity index (χ4n) is 1.29. The van der Waals surface area contributed by atoms with E-state index in [9.17, 15) is 9.90 Å². The Balaban J connectivity index is 2.96. The molecule has 0 fully saturated rings. The van der Waals surface area contributed by atoms with Crippen molar-refractivity contribution in [3.8, 4) is 0 Å². The van der Waals surface area contributed by atoms with Gasteiger partial charge < -0.3 is 5.11 Å². The number of hydrogen-bond donors (Lipinski definition) is 2. The van der Waals surface area contributed by atoms with Crippen molar-refractivity contribution in [1.29, 1.82) is 0 Å². The summed E-state index contributed by atoms with van der Waals surface area (Å²) in [6.45, 7) is 1.59. The normalized spacial score (nSPS) is 15.0.